The van der Waals surface area contributed by atoms with E-state index in [2.05, 4.69) is 5.16 Å². The Kier molecular flexibility index (Phi) is 1.75. The van der Waals surface area contributed by atoms with Gasteiger partial charge in [-0.25, -0.2) is 0 Å². The second kappa shape index (κ2) is 2.77. The zero-order valence-electron chi connectivity index (χ0n) is 7.12. The smallest absolute Gasteiger partial charge is 0.219 e. The van der Waals surface area contributed by atoms with Gasteiger partial charge in [-0.3, -0.25) is 4.79 Å². The number of hydrogen-bond acceptors (Lipinski definition) is 3. The van der Waals surface area contributed by atoms with Crippen molar-refractivity contribution >= 4 is 11.6 Å². The highest BCUT2D eigenvalue weighted by Gasteiger charge is 2.33. The van der Waals surface area contributed by atoms with Crippen molar-refractivity contribution in [1.29, 1.82) is 0 Å². The fraction of sp³-hybridized carbons (Fsp3) is 0.750. The van der Waals surface area contributed by atoms with Crippen LogP contribution < -0.4 is 0 Å². The van der Waals surface area contributed by atoms with E-state index >= 15 is 0 Å². The second-order valence-corrected chi connectivity index (χ2v) is 3.29. The van der Waals surface area contributed by atoms with Crippen molar-refractivity contribution < 1.29 is 9.63 Å². The van der Waals surface area contributed by atoms with Gasteiger partial charge in [-0.1, -0.05) is 5.16 Å². The summed E-state index contributed by atoms with van der Waals surface area (Å²) in [4.78, 5) is 17.6. The maximum absolute atomic E-state index is 10.8. The first-order valence-corrected chi connectivity index (χ1v) is 4.21. The van der Waals surface area contributed by atoms with Gasteiger partial charge < -0.3 is 9.74 Å². The highest BCUT2D eigenvalue weighted by atomic mass is 16.6. The van der Waals surface area contributed by atoms with Crippen molar-refractivity contribution in [2.24, 2.45) is 11.1 Å². The molecule has 2 heterocycles. The van der Waals surface area contributed by atoms with Crippen molar-refractivity contribution in [3.8, 4) is 0 Å². The molecular weight excluding hydrogens is 156 g/mol. The molecule has 2 aliphatic rings. The first-order valence-electron chi connectivity index (χ1n) is 4.21. The number of likely N-dealkylation sites (tertiary alicyclic amines) is 1. The minimum Gasteiger partial charge on any atom is -0.395 e. The zero-order valence-corrected chi connectivity index (χ0v) is 7.12. The third kappa shape index (κ3) is 1.17. The number of oxime groups is 1. The van der Waals surface area contributed by atoms with E-state index in [1.54, 1.807) is 6.92 Å². The third-order valence-corrected chi connectivity index (χ3v) is 2.43. The third-order valence-electron chi connectivity index (χ3n) is 2.43. The summed E-state index contributed by atoms with van der Waals surface area (Å²) in [6.45, 7) is 3.98. The summed E-state index contributed by atoms with van der Waals surface area (Å²) in [5.74, 6) is 0.627. The largest absolute Gasteiger partial charge is 0.395 e. The first-order chi connectivity index (χ1) is 5.77. The molecule has 4 nitrogen and oxygen atoms in total. The van der Waals surface area contributed by atoms with Gasteiger partial charge in [0.25, 0.3) is 0 Å². The van der Waals surface area contributed by atoms with E-state index in [1.807, 2.05) is 4.90 Å². The van der Waals surface area contributed by atoms with Crippen molar-refractivity contribution in [2.75, 3.05) is 19.7 Å². The predicted octanol–water partition coefficient (Wildman–Crippen LogP) is 0.241. The Balaban J connectivity index is 1.84. The molecule has 0 aromatic heterocycles. The summed E-state index contributed by atoms with van der Waals surface area (Å²) < 4.78 is 0. The van der Waals surface area contributed by atoms with Gasteiger partial charge >= 0.3 is 0 Å². The van der Waals surface area contributed by atoms with Crippen LogP contribution in [-0.2, 0) is 9.63 Å². The van der Waals surface area contributed by atoms with Crippen molar-refractivity contribution in [3.05, 3.63) is 0 Å². The van der Waals surface area contributed by atoms with Gasteiger partial charge in [0.05, 0.1) is 5.71 Å². The molecule has 66 valence electrons. The lowest BCUT2D eigenvalue weighted by Crippen LogP contribution is -2.52. The van der Waals surface area contributed by atoms with Gasteiger partial charge in [0.15, 0.2) is 0 Å². The number of rotatable bonds is 1. The molecule has 2 aliphatic heterocycles. The van der Waals surface area contributed by atoms with Crippen molar-refractivity contribution in [2.45, 2.75) is 13.3 Å². The molecule has 0 unspecified atom stereocenters. The molecule has 0 aromatic rings. The zero-order chi connectivity index (χ0) is 8.55. The van der Waals surface area contributed by atoms with Crippen LogP contribution in [0.2, 0.25) is 0 Å². The van der Waals surface area contributed by atoms with Crippen molar-refractivity contribution in [1.82, 2.24) is 4.90 Å². The Morgan fingerprint density at radius 1 is 1.67 bits per heavy atom. The minimum atomic E-state index is 0.158. The molecule has 12 heavy (non-hydrogen) atoms. The van der Waals surface area contributed by atoms with E-state index < -0.39 is 0 Å². The van der Waals surface area contributed by atoms with Crippen LogP contribution >= 0.6 is 0 Å². The van der Waals surface area contributed by atoms with E-state index in [0.717, 1.165) is 25.2 Å². The monoisotopic (exact) mass is 168 g/mol. The van der Waals surface area contributed by atoms with Crippen LogP contribution in [0.3, 0.4) is 0 Å². The molecule has 0 bridgehead atoms. The summed E-state index contributed by atoms with van der Waals surface area (Å²) in [5.41, 5.74) is 1.13. The number of nitrogens with zero attached hydrogens (tertiary/aromatic N) is 2. The molecular formula is C8H12N2O2. The summed E-state index contributed by atoms with van der Waals surface area (Å²) in [5, 5.41) is 3.93. The van der Waals surface area contributed by atoms with E-state index in [0.29, 0.717) is 12.5 Å². The topological polar surface area (TPSA) is 41.9 Å². The fourth-order valence-electron chi connectivity index (χ4n) is 1.55. The molecule has 0 radical (unpaired) electrons. The van der Waals surface area contributed by atoms with Gasteiger partial charge in [-0.15, -0.1) is 0 Å². The summed E-state index contributed by atoms with van der Waals surface area (Å²) in [6, 6.07) is 0. The number of carbonyl (C=O) groups is 1. The summed E-state index contributed by atoms with van der Waals surface area (Å²) in [6.07, 6.45) is 0.941. The quantitative estimate of drug-likeness (QED) is 0.563. The number of amides is 1. The lowest BCUT2D eigenvalue weighted by molar-refractivity contribution is -0.133. The normalized spacial score (nSPS) is 23.1. The Labute approximate surface area is 71.2 Å². The lowest BCUT2D eigenvalue weighted by atomic mass is 9.93. The Hall–Kier alpha value is -1.06. The molecule has 0 aliphatic carbocycles. The van der Waals surface area contributed by atoms with Gasteiger partial charge in [-0.2, -0.15) is 0 Å². The minimum absolute atomic E-state index is 0.158. The molecule has 0 spiro atoms. The van der Waals surface area contributed by atoms with Crippen LogP contribution in [0.4, 0.5) is 0 Å². The number of hydrogen-bond donors (Lipinski definition) is 0. The molecule has 0 aromatic carbocycles. The van der Waals surface area contributed by atoms with Crippen LogP contribution in [-0.4, -0.2) is 36.2 Å². The maximum Gasteiger partial charge on any atom is 0.219 e. The molecule has 0 saturated carbocycles. The first kappa shape index (κ1) is 7.58. The van der Waals surface area contributed by atoms with Crippen molar-refractivity contribution in [3.63, 3.8) is 0 Å². The lowest BCUT2D eigenvalue weighted by Gasteiger charge is -2.38. The van der Waals surface area contributed by atoms with Crippen LogP contribution in [0.1, 0.15) is 13.3 Å². The van der Waals surface area contributed by atoms with Crippen LogP contribution in [0.5, 0.6) is 0 Å². The molecule has 1 amide bonds. The predicted molar refractivity (Wildman–Crippen MR) is 43.7 cm³/mol. The van der Waals surface area contributed by atoms with Crippen LogP contribution in [0.15, 0.2) is 5.16 Å². The van der Waals surface area contributed by atoms with E-state index in [4.69, 9.17) is 4.84 Å². The highest BCUT2D eigenvalue weighted by Crippen LogP contribution is 2.21. The highest BCUT2D eigenvalue weighted by molar-refractivity contribution is 5.90. The molecule has 4 heteroatoms. The molecule has 1 saturated heterocycles. The second-order valence-electron chi connectivity index (χ2n) is 3.29. The maximum atomic E-state index is 10.8. The average Bonchev–Trinajstić information content (AvgIpc) is 2.34. The van der Waals surface area contributed by atoms with E-state index in [1.165, 1.54) is 0 Å². The molecule has 0 atom stereocenters. The van der Waals surface area contributed by atoms with Gasteiger partial charge in [-0.05, 0) is 0 Å². The Morgan fingerprint density at radius 3 is 2.92 bits per heavy atom. The van der Waals surface area contributed by atoms with Gasteiger partial charge in [0.2, 0.25) is 5.91 Å². The van der Waals surface area contributed by atoms with Gasteiger partial charge in [0.1, 0.15) is 6.61 Å². The van der Waals surface area contributed by atoms with Gasteiger partial charge in [0, 0.05) is 32.4 Å². The number of carbonyl (C=O) groups excluding carboxylic acids is 1. The van der Waals surface area contributed by atoms with Crippen LogP contribution in [0.25, 0.3) is 0 Å². The summed E-state index contributed by atoms with van der Waals surface area (Å²) in [7, 11) is 0. The Morgan fingerprint density at radius 2 is 2.42 bits per heavy atom. The molecule has 0 N–H and O–H groups in total. The molecule has 1 fully saturated rings. The standard InChI is InChI=1S/C8H12N2O2/c1-6(11)10-4-7(5-10)8-2-3-12-9-8/h7H,2-5H2,1H3. The Bertz CT molecular complexity index is 231. The molecule has 2 rings (SSSR count). The van der Waals surface area contributed by atoms with E-state index in [9.17, 15) is 4.79 Å². The summed E-state index contributed by atoms with van der Waals surface area (Å²) >= 11 is 0. The fourth-order valence-corrected chi connectivity index (χ4v) is 1.55. The SMILES string of the molecule is CC(=O)N1CC(C2=NOCC2)C1. The van der Waals surface area contributed by atoms with Crippen LogP contribution in [0, 0.1) is 5.92 Å². The van der Waals surface area contributed by atoms with E-state index in [-0.39, 0.29) is 5.91 Å². The average molecular weight is 168 g/mol.